The number of nitrogens with one attached hydrogen (secondary N) is 2. The molecular formula is C45H86N2O5. The molecule has 0 aromatic heterocycles. The molecule has 0 fully saturated rings. The van der Waals surface area contributed by atoms with Crippen LogP contribution < -0.4 is 10.6 Å². The summed E-state index contributed by atoms with van der Waals surface area (Å²) < 4.78 is 6.05. The molecule has 0 spiro atoms. The molecule has 0 rings (SSSR count). The Kier molecular flexibility index (Phi) is 39.1. The third kappa shape index (κ3) is 35.3. The molecular weight excluding hydrogens is 649 g/mol. The second-order valence-electron chi connectivity index (χ2n) is 15.5. The SMILES string of the molecule is CCCCCCCCCCCCCCC(=O)C(=O)NCC(CNC(=O)C(=O)CCCCCCCCCCCCCC)OCCCCCCCCCC. The number of amides is 2. The molecule has 0 aliphatic heterocycles. The van der Waals surface area contributed by atoms with Gasteiger partial charge in [-0.15, -0.1) is 0 Å². The number of carbonyl (C=O) groups is 4. The van der Waals surface area contributed by atoms with Crippen molar-refractivity contribution < 1.29 is 23.9 Å². The number of carbonyl (C=O) groups excluding carboxylic acids is 4. The quantitative estimate of drug-likeness (QED) is 0.0480. The van der Waals surface area contributed by atoms with Gasteiger partial charge in [0.1, 0.15) is 0 Å². The average Bonchev–Trinajstić information content (AvgIpc) is 3.15. The standard InChI is InChI=1S/C45H86N2O5/c1-4-7-10-13-16-19-21-23-25-27-30-33-36-42(48)44(50)46-39-41(52-38-35-32-29-18-15-12-9-6-3)40-47-45(51)43(49)37-34-31-28-26-24-22-20-17-14-11-8-5-2/h41H,4-40H2,1-3H3,(H,46,50)(H,47,51). The summed E-state index contributed by atoms with van der Waals surface area (Å²) in [5.41, 5.74) is 0. The summed E-state index contributed by atoms with van der Waals surface area (Å²) in [5, 5.41) is 5.48. The van der Waals surface area contributed by atoms with Gasteiger partial charge in [-0.2, -0.15) is 0 Å². The van der Waals surface area contributed by atoms with Crippen LogP contribution in [0.1, 0.15) is 239 Å². The highest BCUT2D eigenvalue weighted by Crippen LogP contribution is 2.14. The Morgan fingerprint density at radius 2 is 0.615 bits per heavy atom. The van der Waals surface area contributed by atoms with Crippen molar-refractivity contribution in [1.82, 2.24) is 10.6 Å². The van der Waals surface area contributed by atoms with Crippen molar-refractivity contribution in [3.05, 3.63) is 0 Å². The molecule has 0 bridgehead atoms. The lowest BCUT2D eigenvalue weighted by molar-refractivity contribution is -0.139. The van der Waals surface area contributed by atoms with Crippen LogP contribution in [0, 0.1) is 0 Å². The summed E-state index contributed by atoms with van der Waals surface area (Å²) in [6.45, 7) is 7.51. The first-order chi connectivity index (χ1) is 25.5. The van der Waals surface area contributed by atoms with E-state index >= 15 is 0 Å². The van der Waals surface area contributed by atoms with Crippen molar-refractivity contribution in [3.8, 4) is 0 Å². The van der Waals surface area contributed by atoms with E-state index in [-0.39, 0.29) is 25.9 Å². The van der Waals surface area contributed by atoms with E-state index in [0.717, 1.165) is 51.4 Å². The van der Waals surface area contributed by atoms with Gasteiger partial charge in [0, 0.05) is 32.5 Å². The largest absolute Gasteiger partial charge is 0.375 e. The second-order valence-corrected chi connectivity index (χ2v) is 15.5. The summed E-state index contributed by atoms with van der Waals surface area (Å²) in [4.78, 5) is 50.2. The van der Waals surface area contributed by atoms with Crippen molar-refractivity contribution in [3.63, 3.8) is 0 Å². The van der Waals surface area contributed by atoms with Crippen LogP contribution in [-0.2, 0) is 23.9 Å². The Morgan fingerprint density at radius 1 is 0.365 bits per heavy atom. The Hall–Kier alpha value is -1.76. The average molecular weight is 735 g/mol. The molecule has 0 atom stereocenters. The number of hydrogen-bond donors (Lipinski definition) is 2. The third-order valence-corrected chi connectivity index (χ3v) is 10.4. The van der Waals surface area contributed by atoms with Gasteiger partial charge in [0.2, 0.25) is 11.6 Å². The van der Waals surface area contributed by atoms with Crippen LogP contribution in [0.5, 0.6) is 0 Å². The first kappa shape index (κ1) is 50.2. The van der Waals surface area contributed by atoms with Crippen LogP contribution in [0.3, 0.4) is 0 Å². The number of ether oxygens (including phenoxy) is 1. The maximum absolute atomic E-state index is 12.6. The van der Waals surface area contributed by atoms with Gasteiger partial charge in [0.25, 0.3) is 11.8 Å². The van der Waals surface area contributed by atoms with Crippen LogP contribution in [-0.4, -0.2) is 49.2 Å². The van der Waals surface area contributed by atoms with Crippen molar-refractivity contribution in [1.29, 1.82) is 0 Å². The molecule has 0 radical (unpaired) electrons. The molecule has 52 heavy (non-hydrogen) atoms. The van der Waals surface area contributed by atoms with Gasteiger partial charge in [0.15, 0.2) is 0 Å². The van der Waals surface area contributed by atoms with E-state index in [1.165, 1.54) is 154 Å². The normalized spacial score (nSPS) is 11.3. The van der Waals surface area contributed by atoms with Crippen LogP contribution >= 0.6 is 0 Å². The predicted molar refractivity (Wildman–Crippen MR) is 220 cm³/mol. The molecule has 306 valence electrons. The van der Waals surface area contributed by atoms with Crippen LogP contribution in [0.2, 0.25) is 0 Å². The Labute approximate surface area is 322 Å². The molecule has 0 aromatic carbocycles. The minimum atomic E-state index is -0.585. The topological polar surface area (TPSA) is 102 Å². The van der Waals surface area contributed by atoms with Gasteiger partial charge >= 0.3 is 0 Å². The first-order valence-electron chi connectivity index (χ1n) is 22.7. The van der Waals surface area contributed by atoms with Crippen molar-refractivity contribution in [2.75, 3.05) is 19.7 Å². The number of Topliss-reactive ketones (excluding diaryl/α,β-unsaturated/α-hetero) is 2. The lowest BCUT2D eigenvalue weighted by atomic mass is 10.0. The zero-order valence-corrected chi connectivity index (χ0v) is 34.8. The smallest absolute Gasteiger partial charge is 0.287 e. The van der Waals surface area contributed by atoms with E-state index in [9.17, 15) is 19.2 Å². The first-order valence-corrected chi connectivity index (χ1v) is 22.7. The molecule has 0 saturated carbocycles. The van der Waals surface area contributed by atoms with E-state index < -0.39 is 29.5 Å². The fourth-order valence-electron chi connectivity index (χ4n) is 6.77. The van der Waals surface area contributed by atoms with Crippen molar-refractivity contribution in [2.24, 2.45) is 0 Å². The molecule has 7 nitrogen and oxygen atoms in total. The van der Waals surface area contributed by atoms with Gasteiger partial charge < -0.3 is 15.4 Å². The van der Waals surface area contributed by atoms with Gasteiger partial charge in [0.05, 0.1) is 6.10 Å². The van der Waals surface area contributed by atoms with Crippen molar-refractivity contribution >= 4 is 23.4 Å². The molecule has 0 aromatic rings. The zero-order valence-electron chi connectivity index (χ0n) is 34.8. The highest BCUT2D eigenvalue weighted by Gasteiger charge is 2.19. The number of hydrogen-bond acceptors (Lipinski definition) is 5. The number of unbranched alkanes of at least 4 members (excludes halogenated alkanes) is 29. The zero-order chi connectivity index (χ0) is 38.2. The summed E-state index contributed by atoms with van der Waals surface area (Å²) >= 11 is 0. The summed E-state index contributed by atoms with van der Waals surface area (Å²) in [6, 6.07) is 0. The maximum atomic E-state index is 12.6. The van der Waals surface area contributed by atoms with Crippen LogP contribution in [0.25, 0.3) is 0 Å². The highest BCUT2D eigenvalue weighted by molar-refractivity contribution is 6.36. The van der Waals surface area contributed by atoms with E-state index in [1.807, 2.05) is 0 Å². The predicted octanol–water partition coefficient (Wildman–Crippen LogP) is 12.1. The third-order valence-electron chi connectivity index (χ3n) is 10.4. The van der Waals surface area contributed by atoms with Gasteiger partial charge in [-0.25, -0.2) is 0 Å². The lowest BCUT2D eigenvalue weighted by Crippen LogP contribution is -2.44. The van der Waals surface area contributed by atoms with E-state index in [0.29, 0.717) is 6.61 Å². The molecule has 0 aliphatic carbocycles. The van der Waals surface area contributed by atoms with E-state index in [1.54, 1.807) is 0 Å². The lowest BCUT2D eigenvalue weighted by Gasteiger charge is -2.19. The molecule has 7 heteroatoms. The maximum Gasteiger partial charge on any atom is 0.287 e. The fraction of sp³-hybridized carbons (Fsp3) is 0.911. The van der Waals surface area contributed by atoms with E-state index in [2.05, 4.69) is 31.4 Å². The second kappa shape index (κ2) is 40.4. The Bertz CT molecular complexity index is 777. The van der Waals surface area contributed by atoms with Gasteiger partial charge in [-0.3, -0.25) is 19.2 Å². The van der Waals surface area contributed by atoms with Crippen molar-refractivity contribution in [2.45, 2.75) is 245 Å². The molecule has 0 heterocycles. The summed E-state index contributed by atoms with van der Waals surface area (Å²) in [5.74, 6) is -1.96. The summed E-state index contributed by atoms with van der Waals surface area (Å²) in [6.07, 6.45) is 38.7. The van der Waals surface area contributed by atoms with Gasteiger partial charge in [-0.1, -0.05) is 207 Å². The van der Waals surface area contributed by atoms with E-state index in [4.69, 9.17) is 4.74 Å². The molecule has 0 aliphatic rings. The van der Waals surface area contributed by atoms with Crippen LogP contribution in [0.15, 0.2) is 0 Å². The molecule has 2 amide bonds. The molecule has 2 N–H and O–H groups in total. The van der Waals surface area contributed by atoms with Gasteiger partial charge in [-0.05, 0) is 19.3 Å². The fourth-order valence-corrected chi connectivity index (χ4v) is 6.77. The Morgan fingerprint density at radius 3 is 0.904 bits per heavy atom. The summed E-state index contributed by atoms with van der Waals surface area (Å²) in [7, 11) is 0. The monoisotopic (exact) mass is 735 g/mol. The van der Waals surface area contributed by atoms with Crippen LogP contribution in [0.4, 0.5) is 0 Å². The molecule has 0 unspecified atom stereocenters. The molecule has 0 saturated heterocycles. The minimum absolute atomic E-state index is 0.132. The number of ketones is 2. The minimum Gasteiger partial charge on any atom is -0.375 e. The Balaban J connectivity index is 4.36. The number of rotatable bonds is 42. The highest BCUT2D eigenvalue weighted by atomic mass is 16.5.